The van der Waals surface area contributed by atoms with Crippen molar-refractivity contribution in [3.8, 4) is 0 Å². The zero-order valence-electron chi connectivity index (χ0n) is 12.9. The minimum atomic E-state index is 0.820. The number of hydrogen-bond acceptors (Lipinski definition) is 2. The van der Waals surface area contributed by atoms with Crippen molar-refractivity contribution in [2.24, 2.45) is 4.99 Å². The molecular formula is C17H23N3S. The van der Waals surface area contributed by atoms with Crippen molar-refractivity contribution in [1.82, 2.24) is 10.6 Å². The van der Waals surface area contributed by atoms with E-state index in [1.807, 2.05) is 0 Å². The van der Waals surface area contributed by atoms with E-state index >= 15 is 0 Å². The van der Waals surface area contributed by atoms with Gasteiger partial charge in [-0.1, -0.05) is 29.8 Å². The van der Waals surface area contributed by atoms with Crippen LogP contribution in [-0.2, 0) is 13.0 Å². The maximum atomic E-state index is 4.25. The lowest BCUT2D eigenvalue weighted by molar-refractivity contribution is 0.797. The van der Waals surface area contributed by atoms with Crippen LogP contribution in [-0.4, -0.2) is 19.6 Å². The molecule has 0 aliphatic rings. The molecule has 2 rings (SSSR count). The number of nitrogens with one attached hydrogen (secondary N) is 2. The number of rotatable bonds is 5. The average molecular weight is 301 g/mol. The summed E-state index contributed by atoms with van der Waals surface area (Å²) in [5.41, 5.74) is 4.07. The van der Waals surface area contributed by atoms with Crippen LogP contribution in [0, 0.1) is 13.8 Å². The van der Waals surface area contributed by atoms with Crippen LogP contribution in [0.25, 0.3) is 0 Å². The van der Waals surface area contributed by atoms with Crippen LogP contribution in [0.4, 0.5) is 0 Å². The van der Waals surface area contributed by atoms with Gasteiger partial charge < -0.3 is 10.6 Å². The fourth-order valence-electron chi connectivity index (χ4n) is 2.25. The Labute approximate surface area is 131 Å². The van der Waals surface area contributed by atoms with Crippen LogP contribution in [0.2, 0.25) is 0 Å². The summed E-state index contributed by atoms with van der Waals surface area (Å²) in [6.07, 6.45) is 1.01. The van der Waals surface area contributed by atoms with Gasteiger partial charge in [0.1, 0.15) is 0 Å². The molecule has 1 aromatic carbocycles. The van der Waals surface area contributed by atoms with Crippen LogP contribution >= 0.6 is 11.3 Å². The highest BCUT2D eigenvalue weighted by Gasteiger charge is 2.01. The third-order valence-corrected chi connectivity index (χ3v) is 4.30. The van der Waals surface area contributed by atoms with E-state index in [0.717, 1.165) is 25.5 Å². The molecule has 0 aliphatic heterocycles. The molecule has 0 spiro atoms. The fraction of sp³-hybridized carbons (Fsp3) is 0.353. The standard InChI is InChI=1S/C17H23N3S/c1-13-6-7-15(14(2)11-13)8-9-19-17(18-3)20-12-16-5-4-10-21-16/h4-7,10-11H,8-9,12H2,1-3H3,(H2,18,19,20). The third-order valence-electron chi connectivity index (χ3n) is 3.42. The summed E-state index contributed by atoms with van der Waals surface area (Å²) >= 11 is 1.75. The smallest absolute Gasteiger partial charge is 0.191 e. The second kappa shape index (κ2) is 7.84. The topological polar surface area (TPSA) is 36.4 Å². The first-order valence-corrected chi connectivity index (χ1v) is 8.10. The average Bonchev–Trinajstić information content (AvgIpc) is 2.98. The maximum Gasteiger partial charge on any atom is 0.191 e. The van der Waals surface area contributed by atoms with Crippen molar-refractivity contribution in [3.05, 3.63) is 57.3 Å². The fourth-order valence-corrected chi connectivity index (χ4v) is 2.89. The first-order valence-electron chi connectivity index (χ1n) is 7.22. The predicted molar refractivity (Wildman–Crippen MR) is 92.1 cm³/mol. The molecule has 1 heterocycles. The lowest BCUT2D eigenvalue weighted by Crippen LogP contribution is -2.37. The second-order valence-electron chi connectivity index (χ2n) is 5.11. The van der Waals surface area contributed by atoms with Crippen molar-refractivity contribution in [2.75, 3.05) is 13.6 Å². The van der Waals surface area contributed by atoms with Crippen molar-refractivity contribution in [2.45, 2.75) is 26.8 Å². The van der Waals surface area contributed by atoms with Crippen molar-refractivity contribution in [3.63, 3.8) is 0 Å². The zero-order valence-corrected chi connectivity index (χ0v) is 13.8. The van der Waals surface area contributed by atoms with E-state index in [9.17, 15) is 0 Å². The van der Waals surface area contributed by atoms with Crippen LogP contribution < -0.4 is 10.6 Å². The van der Waals surface area contributed by atoms with Gasteiger partial charge in [0.15, 0.2) is 5.96 Å². The quantitative estimate of drug-likeness (QED) is 0.657. The molecule has 3 nitrogen and oxygen atoms in total. The van der Waals surface area contributed by atoms with Gasteiger partial charge in [-0.2, -0.15) is 0 Å². The number of aliphatic imine (C=N–C) groups is 1. The van der Waals surface area contributed by atoms with E-state index in [2.05, 4.69) is 65.2 Å². The van der Waals surface area contributed by atoms with E-state index < -0.39 is 0 Å². The molecule has 2 N–H and O–H groups in total. The summed E-state index contributed by atoms with van der Waals surface area (Å²) in [6, 6.07) is 10.8. The minimum absolute atomic E-state index is 0.820. The Balaban J connectivity index is 1.78. The zero-order chi connectivity index (χ0) is 15.1. The van der Waals surface area contributed by atoms with Gasteiger partial charge in [0.25, 0.3) is 0 Å². The van der Waals surface area contributed by atoms with E-state index in [4.69, 9.17) is 0 Å². The SMILES string of the molecule is CN=C(NCCc1ccc(C)cc1C)NCc1cccs1. The van der Waals surface area contributed by atoms with E-state index in [1.165, 1.54) is 21.6 Å². The normalized spacial score (nSPS) is 11.5. The van der Waals surface area contributed by atoms with E-state index in [0.29, 0.717) is 0 Å². The van der Waals surface area contributed by atoms with Crippen LogP contribution in [0.5, 0.6) is 0 Å². The summed E-state index contributed by atoms with van der Waals surface area (Å²) in [7, 11) is 1.81. The molecule has 0 atom stereocenters. The van der Waals surface area contributed by atoms with Gasteiger partial charge in [-0.15, -0.1) is 11.3 Å². The van der Waals surface area contributed by atoms with Gasteiger partial charge in [0.05, 0.1) is 6.54 Å². The van der Waals surface area contributed by atoms with Crippen molar-refractivity contribution >= 4 is 17.3 Å². The van der Waals surface area contributed by atoms with Crippen LogP contribution in [0.3, 0.4) is 0 Å². The van der Waals surface area contributed by atoms with Gasteiger partial charge in [-0.3, -0.25) is 4.99 Å². The van der Waals surface area contributed by atoms with Crippen molar-refractivity contribution < 1.29 is 0 Å². The Kier molecular flexibility index (Phi) is 5.81. The first-order chi connectivity index (χ1) is 10.2. The maximum absolute atomic E-state index is 4.25. The molecule has 0 aliphatic carbocycles. The summed E-state index contributed by atoms with van der Waals surface area (Å²) in [4.78, 5) is 5.57. The number of thiophene rings is 1. The molecule has 0 radical (unpaired) electrons. The molecule has 112 valence electrons. The lowest BCUT2D eigenvalue weighted by Gasteiger charge is -2.12. The van der Waals surface area contributed by atoms with Crippen LogP contribution in [0.1, 0.15) is 21.6 Å². The minimum Gasteiger partial charge on any atom is -0.356 e. The molecule has 0 amide bonds. The summed E-state index contributed by atoms with van der Waals surface area (Å²) in [5.74, 6) is 0.855. The Hall–Kier alpha value is -1.81. The predicted octanol–water partition coefficient (Wildman–Crippen LogP) is 3.27. The first kappa shape index (κ1) is 15.6. The molecule has 0 fully saturated rings. The number of benzene rings is 1. The number of nitrogens with zero attached hydrogens (tertiary/aromatic N) is 1. The van der Waals surface area contributed by atoms with Gasteiger partial charge in [0.2, 0.25) is 0 Å². The Morgan fingerprint density at radius 2 is 2.05 bits per heavy atom. The van der Waals surface area contributed by atoms with E-state index in [1.54, 1.807) is 18.4 Å². The number of hydrogen-bond donors (Lipinski definition) is 2. The molecular weight excluding hydrogens is 278 g/mol. The molecule has 2 aromatic rings. The Morgan fingerprint density at radius 1 is 1.19 bits per heavy atom. The van der Waals surface area contributed by atoms with Gasteiger partial charge in [-0.05, 0) is 42.8 Å². The highest BCUT2D eigenvalue weighted by atomic mass is 32.1. The molecule has 0 bridgehead atoms. The summed E-state index contributed by atoms with van der Waals surface area (Å²) in [5, 5.41) is 8.79. The molecule has 1 aromatic heterocycles. The van der Waals surface area contributed by atoms with Gasteiger partial charge in [0, 0.05) is 18.5 Å². The Bertz CT molecular complexity index is 588. The Morgan fingerprint density at radius 3 is 2.71 bits per heavy atom. The summed E-state index contributed by atoms with van der Waals surface area (Å²) < 4.78 is 0. The molecule has 0 unspecified atom stereocenters. The van der Waals surface area contributed by atoms with Crippen LogP contribution in [0.15, 0.2) is 40.7 Å². The second-order valence-corrected chi connectivity index (χ2v) is 6.14. The van der Waals surface area contributed by atoms with Gasteiger partial charge in [-0.25, -0.2) is 0 Å². The number of guanidine groups is 1. The summed E-state index contributed by atoms with van der Waals surface area (Å²) in [6.45, 7) is 6.01. The monoisotopic (exact) mass is 301 g/mol. The molecule has 4 heteroatoms. The molecule has 0 saturated carbocycles. The highest BCUT2D eigenvalue weighted by molar-refractivity contribution is 7.09. The third kappa shape index (κ3) is 4.90. The largest absolute Gasteiger partial charge is 0.356 e. The van der Waals surface area contributed by atoms with Crippen molar-refractivity contribution in [1.29, 1.82) is 0 Å². The highest BCUT2D eigenvalue weighted by Crippen LogP contribution is 2.10. The molecule has 0 saturated heterocycles. The number of aryl methyl sites for hydroxylation is 2. The molecule has 21 heavy (non-hydrogen) atoms. The lowest BCUT2D eigenvalue weighted by atomic mass is 10.0. The van der Waals surface area contributed by atoms with Gasteiger partial charge >= 0.3 is 0 Å². The van der Waals surface area contributed by atoms with E-state index in [-0.39, 0.29) is 0 Å².